The molecule has 2 unspecified atom stereocenters. The minimum absolute atomic E-state index is 0.506. The van der Waals surface area contributed by atoms with Gasteiger partial charge in [-0.2, -0.15) is 0 Å². The lowest BCUT2D eigenvalue weighted by Gasteiger charge is -2.29. The summed E-state index contributed by atoms with van der Waals surface area (Å²) in [7, 11) is 0. The Balaban J connectivity index is 2.32. The van der Waals surface area contributed by atoms with Crippen molar-refractivity contribution < 1.29 is 0 Å². The lowest BCUT2D eigenvalue weighted by Crippen LogP contribution is -2.38. The van der Waals surface area contributed by atoms with Gasteiger partial charge in [-0.1, -0.05) is 35.9 Å². The van der Waals surface area contributed by atoms with Crippen molar-refractivity contribution in [2.24, 2.45) is 5.92 Å². The van der Waals surface area contributed by atoms with E-state index in [9.17, 15) is 0 Å². The number of hydrogen-bond donors (Lipinski definition) is 1. The quantitative estimate of drug-likeness (QED) is 0.795. The zero-order chi connectivity index (χ0) is 12.4. The molecule has 17 heavy (non-hydrogen) atoms. The molecule has 2 saturated heterocycles. The first-order valence-electron chi connectivity index (χ1n) is 5.99. The van der Waals surface area contributed by atoms with Crippen LogP contribution in [0.3, 0.4) is 0 Å². The van der Waals surface area contributed by atoms with Crippen LogP contribution in [0.25, 0.3) is 0 Å². The van der Waals surface area contributed by atoms with Crippen molar-refractivity contribution in [3.63, 3.8) is 0 Å². The average molecular weight is 273 g/mol. The molecule has 0 aromatic carbocycles. The number of allylic oxidation sites excluding steroid dienone is 4. The Hall–Kier alpha value is -0.440. The van der Waals surface area contributed by atoms with Gasteiger partial charge in [0, 0.05) is 19.1 Å². The second-order valence-corrected chi connectivity index (χ2v) is 5.42. The molecule has 0 aromatic heterocycles. The third kappa shape index (κ3) is 2.54. The number of nitrogens with one attached hydrogen (secondary N) is 1. The summed E-state index contributed by atoms with van der Waals surface area (Å²) >= 11 is 12.5. The van der Waals surface area contributed by atoms with Crippen molar-refractivity contribution >= 4 is 23.2 Å². The van der Waals surface area contributed by atoms with E-state index in [1.54, 1.807) is 6.08 Å². The van der Waals surface area contributed by atoms with Gasteiger partial charge in [0.25, 0.3) is 0 Å². The third-order valence-electron chi connectivity index (χ3n) is 3.49. The predicted octanol–water partition coefficient (Wildman–Crippen LogP) is 3.06. The summed E-state index contributed by atoms with van der Waals surface area (Å²) < 4.78 is 0. The second-order valence-electron chi connectivity index (χ2n) is 4.60. The molecule has 2 bridgehead atoms. The maximum atomic E-state index is 6.28. The Bertz CT molecular complexity index is 374. The van der Waals surface area contributed by atoms with Gasteiger partial charge >= 0.3 is 0 Å². The largest absolute Gasteiger partial charge is 0.365 e. The number of piperidine rings is 1. The SMILES string of the molecule is C=C/C(Cl)=C(\C(Cl)=C/C)N1CC2CNCC1C2. The van der Waals surface area contributed by atoms with Gasteiger partial charge in [-0.3, -0.25) is 0 Å². The van der Waals surface area contributed by atoms with Crippen LogP contribution in [-0.4, -0.2) is 30.6 Å². The Kier molecular flexibility index (Phi) is 4.18. The Morgan fingerprint density at radius 1 is 1.41 bits per heavy atom. The van der Waals surface area contributed by atoms with Crippen molar-refractivity contribution in [2.75, 3.05) is 19.6 Å². The molecule has 0 aliphatic carbocycles. The molecule has 0 radical (unpaired) electrons. The van der Waals surface area contributed by atoms with Gasteiger partial charge in [0.05, 0.1) is 15.8 Å². The summed E-state index contributed by atoms with van der Waals surface area (Å²) in [5.74, 6) is 0.708. The maximum absolute atomic E-state index is 6.28. The van der Waals surface area contributed by atoms with Crippen molar-refractivity contribution in [3.8, 4) is 0 Å². The number of likely N-dealkylation sites (tertiary alicyclic amines) is 1. The van der Waals surface area contributed by atoms with Crippen LogP contribution in [0.15, 0.2) is 34.5 Å². The molecule has 94 valence electrons. The molecule has 2 aliphatic rings. The number of rotatable bonds is 3. The maximum Gasteiger partial charge on any atom is 0.0744 e. The van der Waals surface area contributed by atoms with E-state index in [1.165, 1.54) is 6.42 Å². The average Bonchev–Trinajstić information content (AvgIpc) is 2.64. The number of nitrogens with zero attached hydrogens (tertiary/aromatic N) is 1. The first-order chi connectivity index (χ1) is 8.17. The molecule has 0 amide bonds. The van der Waals surface area contributed by atoms with Gasteiger partial charge in [-0.05, 0) is 31.9 Å². The van der Waals surface area contributed by atoms with Gasteiger partial charge < -0.3 is 10.2 Å². The first-order valence-corrected chi connectivity index (χ1v) is 6.74. The van der Waals surface area contributed by atoms with E-state index >= 15 is 0 Å². The molecule has 2 fully saturated rings. The smallest absolute Gasteiger partial charge is 0.0744 e. The minimum Gasteiger partial charge on any atom is -0.365 e. The van der Waals surface area contributed by atoms with Crippen LogP contribution in [-0.2, 0) is 0 Å². The Labute approximate surface area is 113 Å². The van der Waals surface area contributed by atoms with Crippen molar-refractivity contribution in [2.45, 2.75) is 19.4 Å². The molecule has 0 spiro atoms. The monoisotopic (exact) mass is 272 g/mol. The molecule has 2 nitrogen and oxygen atoms in total. The molecule has 0 aromatic rings. The molecule has 0 saturated carbocycles. The zero-order valence-corrected chi connectivity index (χ0v) is 11.6. The van der Waals surface area contributed by atoms with Gasteiger partial charge in [0.1, 0.15) is 0 Å². The summed E-state index contributed by atoms with van der Waals surface area (Å²) in [5, 5.41) is 4.80. The highest BCUT2D eigenvalue weighted by Crippen LogP contribution is 2.35. The summed E-state index contributed by atoms with van der Waals surface area (Å²) in [5.41, 5.74) is 0.932. The lowest BCUT2D eigenvalue weighted by molar-refractivity contribution is 0.322. The first kappa shape index (κ1) is 13.0. The van der Waals surface area contributed by atoms with E-state index in [0.29, 0.717) is 22.0 Å². The fraction of sp³-hybridized carbons (Fsp3) is 0.538. The zero-order valence-electron chi connectivity index (χ0n) is 10.0. The minimum atomic E-state index is 0.506. The normalized spacial score (nSPS) is 30.3. The number of fused-ring (bicyclic) bond motifs is 2. The van der Waals surface area contributed by atoms with Crippen LogP contribution in [0.2, 0.25) is 0 Å². The molecule has 2 rings (SSSR count). The topological polar surface area (TPSA) is 15.3 Å². The van der Waals surface area contributed by atoms with Crippen LogP contribution < -0.4 is 5.32 Å². The fourth-order valence-electron chi connectivity index (χ4n) is 2.70. The summed E-state index contributed by atoms with van der Waals surface area (Å²) in [6.07, 6.45) is 4.78. The van der Waals surface area contributed by atoms with Gasteiger partial charge in [0.2, 0.25) is 0 Å². The Morgan fingerprint density at radius 3 is 2.76 bits per heavy atom. The summed E-state index contributed by atoms with van der Waals surface area (Å²) in [6.45, 7) is 8.80. The molecule has 2 heterocycles. The second kappa shape index (κ2) is 5.47. The van der Waals surface area contributed by atoms with Crippen LogP contribution in [0.5, 0.6) is 0 Å². The van der Waals surface area contributed by atoms with E-state index in [2.05, 4.69) is 16.8 Å². The number of halogens is 2. The van der Waals surface area contributed by atoms with Gasteiger partial charge in [0.15, 0.2) is 0 Å². The van der Waals surface area contributed by atoms with Crippen molar-refractivity contribution in [3.05, 3.63) is 34.5 Å². The standard InChI is InChI=1S/C13H18Cl2N2/c1-3-11(14)13(12(15)4-2)17-8-9-5-10(17)7-16-6-9/h3-4,9-10,16H,1,5-8H2,2H3/b12-4+,13-11-. The van der Waals surface area contributed by atoms with Crippen LogP contribution in [0.1, 0.15) is 13.3 Å². The van der Waals surface area contributed by atoms with E-state index in [4.69, 9.17) is 23.2 Å². The molecular weight excluding hydrogens is 255 g/mol. The van der Waals surface area contributed by atoms with E-state index < -0.39 is 0 Å². The van der Waals surface area contributed by atoms with E-state index in [0.717, 1.165) is 25.3 Å². The fourth-order valence-corrected chi connectivity index (χ4v) is 3.17. The lowest BCUT2D eigenvalue weighted by atomic mass is 10.0. The highest BCUT2D eigenvalue weighted by Gasteiger charge is 2.37. The van der Waals surface area contributed by atoms with E-state index in [-0.39, 0.29) is 0 Å². The summed E-state index contributed by atoms with van der Waals surface area (Å²) in [4.78, 5) is 2.33. The van der Waals surface area contributed by atoms with Crippen molar-refractivity contribution in [1.29, 1.82) is 0 Å². The molecule has 2 atom stereocenters. The van der Waals surface area contributed by atoms with Crippen molar-refractivity contribution in [1.82, 2.24) is 10.2 Å². The number of hydrogen-bond acceptors (Lipinski definition) is 2. The molecule has 1 N–H and O–H groups in total. The summed E-state index contributed by atoms with van der Waals surface area (Å²) in [6, 6.07) is 0.506. The highest BCUT2D eigenvalue weighted by atomic mass is 35.5. The molecule has 4 heteroatoms. The van der Waals surface area contributed by atoms with Crippen LogP contribution in [0.4, 0.5) is 0 Å². The van der Waals surface area contributed by atoms with E-state index in [1.807, 2.05) is 13.0 Å². The predicted molar refractivity (Wildman–Crippen MR) is 74.2 cm³/mol. The molecular formula is C13H18Cl2N2. The molecule has 2 aliphatic heterocycles. The highest BCUT2D eigenvalue weighted by molar-refractivity contribution is 6.36. The Morgan fingerprint density at radius 2 is 2.18 bits per heavy atom. The van der Waals surface area contributed by atoms with Gasteiger partial charge in [-0.25, -0.2) is 0 Å². The van der Waals surface area contributed by atoms with Crippen LogP contribution >= 0.6 is 23.2 Å². The third-order valence-corrected chi connectivity index (χ3v) is 4.22. The van der Waals surface area contributed by atoms with Crippen LogP contribution in [0, 0.1) is 5.92 Å². The van der Waals surface area contributed by atoms with Gasteiger partial charge in [-0.15, -0.1) is 0 Å².